The zero-order chi connectivity index (χ0) is 47.9. The van der Waals surface area contributed by atoms with E-state index in [1.807, 2.05) is 0 Å². The Bertz CT molecular complexity index is 1910. The van der Waals surface area contributed by atoms with Gasteiger partial charge in [0.15, 0.2) is 6.10 Å². The van der Waals surface area contributed by atoms with Crippen molar-refractivity contribution in [1.82, 2.24) is 31.9 Å². The first kappa shape index (κ1) is 52.9. The van der Waals surface area contributed by atoms with Crippen LogP contribution in [0, 0.1) is 23.7 Å². The third kappa shape index (κ3) is 16.8. The summed E-state index contributed by atoms with van der Waals surface area (Å²) in [7, 11) is 0. The highest BCUT2D eigenvalue weighted by molar-refractivity contribution is 5.96. The summed E-state index contributed by atoms with van der Waals surface area (Å²) in [6, 6.07) is 1.95. The minimum atomic E-state index is -2.02. The number of phenols is 2. The van der Waals surface area contributed by atoms with Gasteiger partial charge in [0.1, 0.15) is 41.7 Å². The van der Waals surface area contributed by atoms with Crippen molar-refractivity contribution in [3.63, 3.8) is 0 Å². The van der Waals surface area contributed by atoms with Crippen LogP contribution in [-0.2, 0) is 44.8 Å². The van der Waals surface area contributed by atoms with E-state index >= 15 is 0 Å². The van der Waals surface area contributed by atoms with Gasteiger partial charge in [0.2, 0.25) is 29.5 Å². The number of amides is 6. The molecule has 2 aromatic carbocycles. The lowest BCUT2D eigenvalue weighted by Gasteiger charge is -2.31. The topological polar surface area (TPSA) is 336 Å². The van der Waals surface area contributed by atoms with Crippen LogP contribution < -0.4 is 37.6 Å². The van der Waals surface area contributed by atoms with E-state index in [0.29, 0.717) is 5.56 Å². The number of carboxylic acid groups (broad SMARTS) is 2. The summed E-state index contributed by atoms with van der Waals surface area (Å²) in [6.07, 6.45) is -3.04. The molecule has 2 rings (SSSR count). The molecule has 0 aliphatic carbocycles. The maximum absolute atomic E-state index is 14.2. The number of rotatable bonds is 24. The van der Waals surface area contributed by atoms with E-state index in [0.717, 1.165) is 18.2 Å². The van der Waals surface area contributed by atoms with Gasteiger partial charge in [-0.15, -0.1) is 0 Å². The van der Waals surface area contributed by atoms with Crippen LogP contribution in [0.2, 0.25) is 0 Å². The molecule has 0 saturated heterocycles. The normalized spacial score (nSPS) is 15.2. The minimum Gasteiger partial charge on any atom is -0.508 e. The molecule has 1 unspecified atom stereocenters. The Morgan fingerprint density at radius 1 is 0.587 bits per heavy atom. The van der Waals surface area contributed by atoms with Crippen LogP contribution in [0.1, 0.15) is 85.4 Å². The summed E-state index contributed by atoms with van der Waals surface area (Å²) in [5.74, 6) is -11.2. The van der Waals surface area contributed by atoms with Crippen molar-refractivity contribution in [2.45, 2.75) is 123 Å². The lowest BCUT2D eigenvalue weighted by molar-refractivity contribution is -0.147. The molecular formula is C43H63N7O13. The lowest BCUT2D eigenvalue weighted by atomic mass is 9.96. The van der Waals surface area contributed by atoms with Crippen LogP contribution in [0.15, 0.2) is 48.5 Å². The molecule has 8 atom stereocenters. The summed E-state index contributed by atoms with van der Waals surface area (Å²) < 4.78 is 0. The number of aliphatic hydroxyl groups is 1. The highest BCUT2D eigenvalue weighted by atomic mass is 16.4. The van der Waals surface area contributed by atoms with E-state index in [9.17, 15) is 58.8 Å². The van der Waals surface area contributed by atoms with Crippen molar-refractivity contribution in [3.8, 4) is 11.5 Å². The molecule has 0 aliphatic rings. The van der Waals surface area contributed by atoms with Crippen molar-refractivity contribution in [3.05, 3.63) is 59.7 Å². The van der Waals surface area contributed by atoms with Crippen LogP contribution in [-0.4, -0.2) is 115 Å². The average molecular weight is 886 g/mol. The Kier molecular flexibility index (Phi) is 20.5. The second-order valence-corrected chi connectivity index (χ2v) is 16.9. The van der Waals surface area contributed by atoms with Crippen molar-refractivity contribution in [2.75, 3.05) is 0 Å². The molecular weight excluding hydrogens is 823 g/mol. The molecule has 20 heteroatoms. The summed E-state index contributed by atoms with van der Waals surface area (Å²) in [5, 5.41) is 65.4. The van der Waals surface area contributed by atoms with E-state index in [4.69, 9.17) is 10.8 Å². The molecule has 20 nitrogen and oxygen atoms in total. The van der Waals surface area contributed by atoms with Gasteiger partial charge in [-0.1, -0.05) is 85.7 Å². The molecule has 63 heavy (non-hydrogen) atoms. The monoisotopic (exact) mass is 885 g/mol. The third-order valence-electron chi connectivity index (χ3n) is 9.93. The molecule has 0 heterocycles. The van der Waals surface area contributed by atoms with E-state index in [2.05, 4.69) is 31.9 Å². The van der Waals surface area contributed by atoms with Crippen molar-refractivity contribution < 1.29 is 63.9 Å². The van der Waals surface area contributed by atoms with Crippen LogP contribution in [0.4, 0.5) is 0 Å². The van der Waals surface area contributed by atoms with Crippen LogP contribution in [0.5, 0.6) is 11.5 Å². The fourth-order valence-corrected chi connectivity index (χ4v) is 6.35. The number of hydrogen-bond donors (Lipinski definition) is 12. The summed E-state index contributed by atoms with van der Waals surface area (Å²) in [4.78, 5) is 105. The van der Waals surface area contributed by atoms with E-state index in [1.165, 1.54) is 0 Å². The van der Waals surface area contributed by atoms with Crippen molar-refractivity contribution in [1.29, 1.82) is 0 Å². The molecule has 0 aliphatic heterocycles. The predicted molar refractivity (Wildman–Crippen MR) is 228 cm³/mol. The fourth-order valence-electron chi connectivity index (χ4n) is 6.35. The number of benzene rings is 2. The fraction of sp³-hybridized carbons (Fsp3) is 0.535. The third-order valence-corrected chi connectivity index (χ3v) is 9.93. The first-order valence-electron chi connectivity index (χ1n) is 20.6. The molecule has 0 aromatic heterocycles. The molecule has 348 valence electrons. The Labute approximate surface area is 366 Å². The molecule has 0 spiro atoms. The number of carbonyl (C=O) groups excluding carboxylic acids is 6. The van der Waals surface area contributed by atoms with Gasteiger partial charge < -0.3 is 63.2 Å². The Morgan fingerprint density at radius 3 is 1.57 bits per heavy atom. The second kappa shape index (κ2) is 24.4. The Hall–Kier alpha value is -6.28. The maximum Gasteiger partial charge on any atom is 0.326 e. The summed E-state index contributed by atoms with van der Waals surface area (Å²) in [5.41, 5.74) is 6.60. The van der Waals surface area contributed by atoms with Gasteiger partial charge in [-0.05, 0) is 59.8 Å². The first-order valence-corrected chi connectivity index (χ1v) is 20.6. The van der Waals surface area contributed by atoms with Crippen LogP contribution >= 0.6 is 0 Å². The minimum absolute atomic E-state index is 0.0269. The highest BCUT2D eigenvalue weighted by Crippen LogP contribution is 2.26. The van der Waals surface area contributed by atoms with Gasteiger partial charge in [0.05, 0.1) is 18.5 Å². The van der Waals surface area contributed by atoms with Gasteiger partial charge >= 0.3 is 11.9 Å². The number of carbonyl (C=O) groups is 8. The second-order valence-electron chi connectivity index (χ2n) is 16.9. The number of aliphatic carboxylic acids is 2. The van der Waals surface area contributed by atoms with Gasteiger partial charge in [-0.25, -0.2) is 4.79 Å². The quantitative estimate of drug-likeness (QED) is 0.0670. The number of aliphatic hydroxyl groups excluding tert-OH is 1. The van der Waals surface area contributed by atoms with Crippen molar-refractivity contribution in [2.24, 2.45) is 29.4 Å². The number of nitrogens with two attached hydrogens (primary N) is 1. The van der Waals surface area contributed by atoms with Gasteiger partial charge in [0.25, 0.3) is 5.91 Å². The smallest absolute Gasteiger partial charge is 0.326 e. The van der Waals surface area contributed by atoms with Gasteiger partial charge in [-0.2, -0.15) is 0 Å². The summed E-state index contributed by atoms with van der Waals surface area (Å²) in [6.45, 7) is 13.2. The maximum atomic E-state index is 14.2. The molecule has 0 saturated carbocycles. The van der Waals surface area contributed by atoms with E-state index in [-0.39, 0.29) is 30.2 Å². The first-order chi connectivity index (χ1) is 29.3. The van der Waals surface area contributed by atoms with Crippen molar-refractivity contribution >= 4 is 47.4 Å². The van der Waals surface area contributed by atoms with Crippen LogP contribution in [0.3, 0.4) is 0 Å². The molecule has 0 radical (unpaired) electrons. The van der Waals surface area contributed by atoms with Gasteiger partial charge in [-0.3, -0.25) is 33.6 Å². The number of nitrogens with one attached hydrogen (secondary N) is 6. The summed E-state index contributed by atoms with van der Waals surface area (Å²) >= 11 is 0. The largest absolute Gasteiger partial charge is 0.508 e. The molecule has 0 bridgehead atoms. The highest BCUT2D eigenvalue weighted by Gasteiger charge is 2.37. The Balaban J connectivity index is 2.45. The van der Waals surface area contributed by atoms with E-state index < -0.39 is 126 Å². The molecule has 2 aromatic rings. The number of carboxylic acids is 2. The zero-order valence-corrected chi connectivity index (χ0v) is 36.7. The van der Waals surface area contributed by atoms with Gasteiger partial charge in [0, 0.05) is 6.07 Å². The van der Waals surface area contributed by atoms with E-state index in [1.54, 1.807) is 85.7 Å². The average Bonchev–Trinajstić information content (AvgIpc) is 3.18. The standard InChI is InChI=1S/C43H63N7O13/c1-20(2)14-29(46-41(60)35(50-38(57)32(44)21(3)4)25-16-26(51)18-27(52)17-25)37(56)45-28(15-24-12-10-9-11-13-24)36(55)42(61)49-34(23(7)8)40(59)48-33(22(5)6)39(58)47-30(43(62)63)19-31(53)54/h9-13,16-18,20-23,28-30,32-36,51-52,55H,14-15,19,44H2,1-8H3,(H,45,56)(H,46,60)(H,47,58)(H,48,59)(H,49,61)(H,50,57)(H,53,54)(H,62,63)/t28-,29+,30+,32+,33+,34+,35?,36+/m1/s1. The number of hydrogen-bond acceptors (Lipinski definition) is 12. The Morgan fingerprint density at radius 2 is 1.10 bits per heavy atom. The SMILES string of the molecule is CC(C)C[C@H](NC(=O)C(NC(=O)[C@@H](N)C(C)C)c1cc(O)cc(O)c1)C(=O)N[C@H](Cc1ccccc1)[C@H](O)C(=O)N[C@H](C(=O)N[C@H](C(=O)N[C@@H](CC(=O)O)C(=O)O)C(C)C)C(C)C. The number of aromatic hydroxyl groups is 2. The zero-order valence-electron chi connectivity index (χ0n) is 36.7. The lowest BCUT2D eigenvalue weighted by Crippen LogP contribution is -2.61. The predicted octanol–water partition coefficient (Wildman–Crippen LogP) is 0.183. The molecule has 6 amide bonds. The van der Waals surface area contributed by atoms with Crippen LogP contribution in [0.25, 0.3) is 0 Å². The molecule has 13 N–H and O–H groups in total. The number of phenolic OH excluding ortho intramolecular Hbond substituents is 2. The molecule has 0 fully saturated rings.